The minimum absolute atomic E-state index is 0.0752. The molecule has 0 amide bonds. The van der Waals surface area contributed by atoms with Crippen LogP contribution in [-0.2, 0) is 4.79 Å². The van der Waals surface area contributed by atoms with Crippen molar-refractivity contribution < 1.29 is 9.90 Å². The van der Waals surface area contributed by atoms with Crippen molar-refractivity contribution in [1.82, 2.24) is 0 Å². The number of hydrogen-bond acceptors (Lipinski definition) is 2. The summed E-state index contributed by atoms with van der Waals surface area (Å²) in [6.07, 6.45) is 3.08. The number of carboxylic acid groups (broad SMARTS) is 1. The average molecular weight is 153 g/mol. The Morgan fingerprint density at radius 2 is 2.09 bits per heavy atom. The van der Waals surface area contributed by atoms with Crippen LogP contribution in [0.2, 0.25) is 0 Å². The van der Waals surface area contributed by atoms with Gasteiger partial charge in [0.15, 0.2) is 0 Å². The van der Waals surface area contributed by atoms with E-state index in [1.54, 1.807) is 13.0 Å². The van der Waals surface area contributed by atoms with Crippen LogP contribution in [0.15, 0.2) is 29.4 Å². The first-order valence-electron chi connectivity index (χ1n) is 3.15. The van der Waals surface area contributed by atoms with Crippen molar-refractivity contribution in [3.05, 3.63) is 24.4 Å². The maximum atomic E-state index is 10.2. The van der Waals surface area contributed by atoms with E-state index in [-0.39, 0.29) is 5.71 Å². The molecule has 60 valence electrons. The Kier molecular flexibility index (Phi) is 3.88. The van der Waals surface area contributed by atoms with E-state index < -0.39 is 5.97 Å². The topological polar surface area (TPSA) is 49.7 Å². The summed E-state index contributed by atoms with van der Waals surface area (Å²) in [5.41, 5.74) is 0.914. The van der Waals surface area contributed by atoms with E-state index in [1.807, 2.05) is 0 Å². The summed E-state index contributed by atoms with van der Waals surface area (Å²) >= 11 is 0. The molecule has 3 heteroatoms. The molecule has 1 N–H and O–H groups in total. The molecule has 0 aliphatic carbocycles. The highest BCUT2D eigenvalue weighted by molar-refractivity contribution is 6.34. The molecule has 0 atom stereocenters. The van der Waals surface area contributed by atoms with Crippen molar-refractivity contribution in [1.29, 1.82) is 0 Å². The lowest BCUT2D eigenvalue weighted by Gasteiger charge is -1.88. The molecule has 0 bridgehead atoms. The zero-order chi connectivity index (χ0) is 8.85. The number of rotatable bonds is 3. The van der Waals surface area contributed by atoms with Crippen LogP contribution in [0.1, 0.15) is 13.8 Å². The van der Waals surface area contributed by atoms with Gasteiger partial charge in [-0.2, -0.15) is 0 Å². The molecule has 3 nitrogen and oxygen atoms in total. The predicted octanol–water partition coefficient (Wildman–Crippen LogP) is 1.62. The van der Waals surface area contributed by atoms with Crippen LogP contribution in [0, 0.1) is 0 Å². The second-order valence-electron chi connectivity index (χ2n) is 2.10. The molecule has 0 fully saturated rings. The van der Waals surface area contributed by atoms with E-state index in [1.165, 1.54) is 13.1 Å². The van der Waals surface area contributed by atoms with Gasteiger partial charge in [-0.3, -0.25) is 4.99 Å². The quantitative estimate of drug-likeness (QED) is 0.494. The van der Waals surface area contributed by atoms with Crippen LogP contribution in [0.4, 0.5) is 0 Å². The standard InChI is InChI=1S/C8H11NO2/c1-4-6(2)5-9-7(3)8(10)11/h4-5H,1H2,2-3H3,(H,10,11)/b6-5-,9-7?. The molecule has 11 heavy (non-hydrogen) atoms. The number of carbonyl (C=O) groups is 1. The number of allylic oxidation sites excluding steroid dienone is 2. The van der Waals surface area contributed by atoms with Gasteiger partial charge in [0.05, 0.1) is 0 Å². The Balaban J connectivity index is 4.34. The van der Waals surface area contributed by atoms with Crippen molar-refractivity contribution in [2.45, 2.75) is 13.8 Å². The van der Waals surface area contributed by atoms with Gasteiger partial charge in [0.1, 0.15) is 5.71 Å². The third-order valence-corrected chi connectivity index (χ3v) is 1.09. The van der Waals surface area contributed by atoms with Crippen LogP contribution in [0.5, 0.6) is 0 Å². The number of aliphatic imine (C=N–C) groups is 1. The Bertz CT molecular complexity index is 226. The molecule has 0 aromatic rings. The van der Waals surface area contributed by atoms with Gasteiger partial charge < -0.3 is 5.11 Å². The minimum atomic E-state index is -1.00. The van der Waals surface area contributed by atoms with Gasteiger partial charge in [-0.05, 0) is 19.4 Å². The molecule has 0 saturated carbocycles. The number of hydrogen-bond donors (Lipinski definition) is 1. The molecule has 0 rings (SSSR count). The fourth-order valence-corrected chi connectivity index (χ4v) is 0.307. The van der Waals surface area contributed by atoms with Crippen LogP contribution in [0.25, 0.3) is 0 Å². The van der Waals surface area contributed by atoms with Gasteiger partial charge in [-0.15, -0.1) is 0 Å². The van der Waals surface area contributed by atoms with Crippen LogP contribution >= 0.6 is 0 Å². The summed E-state index contributed by atoms with van der Waals surface area (Å²) in [7, 11) is 0. The van der Waals surface area contributed by atoms with Gasteiger partial charge >= 0.3 is 5.97 Å². The van der Waals surface area contributed by atoms with Gasteiger partial charge in [0.25, 0.3) is 0 Å². The lowest BCUT2D eigenvalue weighted by Crippen LogP contribution is -2.06. The fraction of sp³-hybridized carbons (Fsp3) is 0.250. The summed E-state index contributed by atoms with van der Waals surface area (Å²) < 4.78 is 0. The van der Waals surface area contributed by atoms with Crippen molar-refractivity contribution >= 4 is 11.7 Å². The molecule has 0 aromatic heterocycles. The highest BCUT2D eigenvalue weighted by Crippen LogP contribution is 1.93. The first-order chi connectivity index (χ1) is 5.07. The van der Waals surface area contributed by atoms with Gasteiger partial charge in [0.2, 0.25) is 0 Å². The van der Waals surface area contributed by atoms with E-state index in [0.29, 0.717) is 0 Å². The maximum Gasteiger partial charge on any atom is 0.349 e. The molecule has 0 spiro atoms. The number of nitrogens with zero attached hydrogens (tertiary/aromatic N) is 1. The summed E-state index contributed by atoms with van der Waals surface area (Å²) in [5, 5.41) is 8.38. The summed E-state index contributed by atoms with van der Waals surface area (Å²) in [6, 6.07) is 0. The molecule has 0 aliphatic rings. The van der Waals surface area contributed by atoms with Crippen LogP contribution < -0.4 is 0 Å². The van der Waals surface area contributed by atoms with Gasteiger partial charge in [-0.1, -0.05) is 12.7 Å². The number of aliphatic carboxylic acids is 1. The SMILES string of the molecule is C=C/C(C)=C\N=C(C)C(=O)O. The summed E-state index contributed by atoms with van der Waals surface area (Å²) in [5.74, 6) is -1.00. The maximum absolute atomic E-state index is 10.2. The molecule has 0 aromatic carbocycles. The van der Waals surface area contributed by atoms with Crippen molar-refractivity contribution in [2.75, 3.05) is 0 Å². The zero-order valence-electron chi connectivity index (χ0n) is 6.66. The molecule has 0 saturated heterocycles. The largest absolute Gasteiger partial charge is 0.477 e. The molecule has 0 heterocycles. The first-order valence-corrected chi connectivity index (χ1v) is 3.15. The lowest BCUT2D eigenvalue weighted by atomic mass is 10.3. The third-order valence-electron chi connectivity index (χ3n) is 1.09. The van der Waals surface area contributed by atoms with E-state index in [0.717, 1.165) is 5.57 Å². The highest BCUT2D eigenvalue weighted by Gasteiger charge is 1.97. The molecule has 0 aliphatic heterocycles. The lowest BCUT2D eigenvalue weighted by molar-refractivity contribution is -0.129. The van der Waals surface area contributed by atoms with Crippen LogP contribution in [-0.4, -0.2) is 16.8 Å². The average Bonchev–Trinajstić information content (AvgIpc) is 1.99. The second-order valence-corrected chi connectivity index (χ2v) is 2.10. The van der Waals surface area contributed by atoms with Crippen molar-refractivity contribution in [3.8, 4) is 0 Å². The minimum Gasteiger partial charge on any atom is -0.477 e. The Morgan fingerprint density at radius 1 is 1.55 bits per heavy atom. The van der Waals surface area contributed by atoms with Gasteiger partial charge in [-0.25, -0.2) is 4.79 Å². The van der Waals surface area contributed by atoms with Gasteiger partial charge in [0, 0.05) is 6.20 Å². The van der Waals surface area contributed by atoms with E-state index in [2.05, 4.69) is 11.6 Å². The smallest absolute Gasteiger partial charge is 0.349 e. The number of carboxylic acids is 1. The molecule has 0 radical (unpaired) electrons. The third kappa shape index (κ3) is 4.08. The highest BCUT2D eigenvalue weighted by atomic mass is 16.4. The Hall–Kier alpha value is -1.38. The summed E-state index contributed by atoms with van der Waals surface area (Å²) in [6.45, 7) is 6.74. The molecular weight excluding hydrogens is 142 g/mol. The fourth-order valence-electron chi connectivity index (χ4n) is 0.307. The van der Waals surface area contributed by atoms with E-state index in [4.69, 9.17) is 5.11 Å². The normalized spacial score (nSPS) is 12.9. The van der Waals surface area contributed by atoms with E-state index in [9.17, 15) is 4.79 Å². The zero-order valence-corrected chi connectivity index (χ0v) is 6.66. The summed E-state index contributed by atoms with van der Waals surface area (Å²) in [4.78, 5) is 13.9. The monoisotopic (exact) mass is 153 g/mol. The predicted molar refractivity (Wildman–Crippen MR) is 44.7 cm³/mol. The Labute approximate surface area is 65.8 Å². The molecule has 0 unspecified atom stereocenters. The Morgan fingerprint density at radius 3 is 2.45 bits per heavy atom. The van der Waals surface area contributed by atoms with Crippen molar-refractivity contribution in [2.24, 2.45) is 4.99 Å². The first kappa shape index (κ1) is 9.62. The van der Waals surface area contributed by atoms with Crippen molar-refractivity contribution in [3.63, 3.8) is 0 Å². The second kappa shape index (κ2) is 4.44. The molecular formula is C8H11NO2. The van der Waals surface area contributed by atoms with Crippen LogP contribution in [0.3, 0.4) is 0 Å². The van der Waals surface area contributed by atoms with E-state index >= 15 is 0 Å².